The molecule has 0 rings (SSSR count). The summed E-state index contributed by atoms with van der Waals surface area (Å²) < 4.78 is 0. The SMILES string of the molecule is CCC[C@@](N)(CO)CCO. The van der Waals surface area contributed by atoms with Crippen LogP contribution in [0.2, 0.25) is 0 Å². The van der Waals surface area contributed by atoms with Gasteiger partial charge in [0.25, 0.3) is 0 Å². The summed E-state index contributed by atoms with van der Waals surface area (Å²) in [4.78, 5) is 0. The van der Waals surface area contributed by atoms with E-state index in [1.54, 1.807) is 0 Å². The minimum Gasteiger partial charge on any atom is -0.396 e. The first-order valence-corrected chi connectivity index (χ1v) is 3.69. The summed E-state index contributed by atoms with van der Waals surface area (Å²) in [6, 6.07) is 0. The van der Waals surface area contributed by atoms with Crippen LogP contribution in [-0.2, 0) is 0 Å². The van der Waals surface area contributed by atoms with Crippen LogP contribution < -0.4 is 5.73 Å². The Bertz CT molecular complexity index is 79.7. The van der Waals surface area contributed by atoms with Crippen molar-refractivity contribution in [1.29, 1.82) is 0 Å². The number of aliphatic hydroxyl groups excluding tert-OH is 2. The number of aliphatic hydroxyl groups is 2. The summed E-state index contributed by atoms with van der Waals surface area (Å²) >= 11 is 0. The van der Waals surface area contributed by atoms with Gasteiger partial charge in [0.2, 0.25) is 0 Å². The van der Waals surface area contributed by atoms with Crippen molar-refractivity contribution in [2.45, 2.75) is 31.7 Å². The van der Waals surface area contributed by atoms with Gasteiger partial charge in [0.15, 0.2) is 0 Å². The Labute approximate surface area is 61.9 Å². The lowest BCUT2D eigenvalue weighted by molar-refractivity contribution is 0.148. The molecule has 0 aliphatic carbocycles. The molecule has 0 aliphatic heterocycles. The van der Waals surface area contributed by atoms with Crippen molar-refractivity contribution in [2.75, 3.05) is 13.2 Å². The van der Waals surface area contributed by atoms with E-state index in [-0.39, 0.29) is 13.2 Å². The molecule has 0 aromatic heterocycles. The highest BCUT2D eigenvalue weighted by atomic mass is 16.3. The predicted molar refractivity (Wildman–Crippen MR) is 40.6 cm³/mol. The quantitative estimate of drug-likeness (QED) is 0.507. The molecule has 0 amide bonds. The third kappa shape index (κ3) is 3.15. The zero-order valence-electron chi connectivity index (χ0n) is 6.51. The van der Waals surface area contributed by atoms with Crippen molar-refractivity contribution in [1.82, 2.24) is 0 Å². The van der Waals surface area contributed by atoms with E-state index in [2.05, 4.69) is 0 Å². The Kier molecular flexibility index (Phi) is 4.60. The number of nitrogens with two attached hydrogens (primary N) is 1. The molecule has 1 atom stereocenters. The van der Waals surface area contributed by atoms with E-state index in [1.165, 1.54) is 0 Å². The first-order chi connectivity index (χ1) is 4.68. The fourth-order valence-corrected chi connectivity index (χ4v) is 1.00. The first-order valence-electron chi connectivity index (χ1n) is 3.69. The van der Waals surface area contributed by atoms with Gasteiger partial charge < -0.3 is 15.9 Å². The van der Waals surface area contributed by atoms with Gasteiger partial charge in [-0.2, -0.15) is 0 Å². The second-order valence-corrected chi connectivity index (χ2v) is 2.74. The maximum atomic E-state index is 8.81. The van der Waals surface area contributed by atoms with Crippen molar-refractivity contribution in [3.05, 3.63) is 0 Å². The van der Waals surface area contributed by atoms with Crippen molar-refractivity contribution >= 4 is 0 Å². The van der Waals surface area contributed by atoms with Crippen LogP contribution in [0.4, 0.5) is 0 Å². The molecular weight excluding hydrogens is 130 g/mol. The summed E-state index contributed by atoms with van der Waals surface area (Å²) in [5.41, 5.74) is 5.16. The average Bonchev–Trinajstić information content (AvgIpc) is 1.89. The van der Waals surface area contributed by atoms with Gasteiger partial charge in [-0.15, -0.1) is 0 Å². The van der Waals surface area contributed by atoms with Crippen LogP contribution in [0, 0.1) is 0 Å². The zero-order chi connectivity index (χ0) is 8.04. The fourth-order valence-electron chi connectivity index (χ4n) is 1.00. The third-order valence-electron chi connectivity index (χ3n) is 1.67. The van der Waals surface area contributed by atoms with E-state index in [4.69, 9.17) is 15.9 Å². The van der Waals surface area contributed by atoms with Gasteiger partial charge in [0.1, 0.15) is 0 Å². The fraction of sp³-hybridized carbons (Fsp3) is 1.00. The average molecular weight is 147 g/mol. The molecule has 0 bridgehead atoms. The molecule has 0 saturated heterocycles. The van der Waals surface area contributed by atoms with Gasteiger partial charge in [-0.25, -0.2) is 0 Å². The number of rotatable bonds is 5. The van der Waals surface area contributed by atoms with Crippen LogP contribution in [0.3, 0.4) is 0 Å². The molecule has 0 fully saturated rings. The highest BCUT2D eigenvalue weighted by Gasteiger charge is 2.21. The number of hydrogen-bond donors (Lipinski definition) is 3. The molecule has 0 aromatic rings. The van der Waals surface area contributed by atoms with Crippen LogP contribution in [-0.4, -0.2) is 29.0 Å². The largest absolute Gasteiger partial charge is 0.396 e. The Morgan fingerprint density at radius 1 is 1.30 bits per heavy atom. The Balaban J connectivity index is 3.69. The summed E-state index contributed by atoms with van der Waals surface area (Å²) in [6.07, 6.45) is 2.19. The van der Waals surface area contributed by atoms with Crippen molar-refractivity contribution < 1.29 is 10.2 Å². The van der Waals surface area contributed by atoms with Crippen LogP contribution in [0.1, 0.15) is 26.2 Å². The van der Waals surface area contributed by atoms with E-state index in [9.17, 15) is 0 Å². The van der Waals surface area contributed by atoms with Crippen LogP contribution in [0.15, 0.2) is 0 Å². The molecule has 62 valence electrons. The number of hydrogen-bond acceptors (Lipinski definition) is 3. The van der Waals surface area contributed by atoms with Crippen LogP contribution in [0.25, 0.3) is 0 Å². The molecule has 0 aliphatic rings. The second-order valence-electron chi connectivity index (χ2n) is 2.74. The normalized spacial score (nSPS) is 16.8. The van der Waals surface area contributed by atoms with Gasteiger partial charge >= 0.3 is 0 Å². The zero-order valence-corrected chi connectivity index (χ0v) is 6.51. The van der Waals surface area contributed by atoms with E-state index in [0.717, 1.165) is 12.8 Å². The molecule has 0 aromatic carbocycles. The topological polar surface area (TPSA) is 66.5 Å². The lowest BCUT2D eigenvalue weighted by atomic mass is 9.93. The van der Waals surface area contributed by atoms with Gasteiger partial charge in [-0.1, -0.05) is 13.3 Å². The molecule has 0 unspecified atom stereocenters. The summed E-state index contributed by atoms with van der Waals surface area (Å²) in [6.45, 7) is 2.02. The molecule has 0 saturated carbocycles. The monoisotopic (exact) mass is 147 g/mol. The summed E-state index contributed by atoms with van der Waals surface area (Å²) in [5.74, 6) is 0. The van der Waals surface area contributed by atoms with Crippen molar-refractivity contribution in [2.24, 2.45) is 5.73 Å². The highest BCUT2D eigenvalue weighted by molar-refractivity contribution is 4.81. The molecule has 0 spiro atoms. The van der Waals surface area contributed by atoms with Gasteiger partial charge in [-0.3, -0.25) is 0 Å². The standard InChI is InChI=1S/C7H17NO2/c1-2-3-7(8,6-10)4-5-9/h9-10H,2-6,8H2,1H3/t7-/m0/s1. The minimum absolute atomic E-state index is 0.0403. The maximum absolute atomic E-state index is 8.81. The van der Waals surface area contributed by atoms with Crippen LogP contribution in [0.5, 0.6) is 0 Å². The third-order valence-corrected chi connectivity index (χ3v) is 1.67. The molecule has 0 radical (unpaired) electrons. The van der Waals surface area contributed by atoms with Crippen LogP contribution >= 0.6 is 0 Å². The van der Waals surface area contributed by atoms with E-state index in [0.29, 0.717) is 6.42 Å². The molecule has 10 heavy (non-hydrogen) atoms. The van der Waals surface area contributed by atoms with Crippen molar-refractivity contribution in [3.8, 4) is 0 Å². The molecule has 3 heteroatoms. The molecule has 4 N–H and O–H groups in total. The van der Waals surface area contributed by atoms with Gasteiger partial charge in [-0.05, 0) is 12.8 Å². The van der Waals surface area contributed by atoms with E-state index >= 15 is 0 Å². The maximum Gasteiger partial charge on any atom is 0.0612 e. The summed E-state index contributed by atoms with van der Waals surface area (Å²) in [7, 11) is 0. The van der Waals surface area contributed by atoms with Gasteiger partial charge in [0.05, 0.1) is 6.61 Å². The van der Waals surface area contributed by atoms with E-state index < -0.39 is 5.54 Å². The first kappa shape index (κ1) is 9.88. The van der Waals surface area contributed by atoms with E-state index in [1.807, 2.05) is 6.92 Å². The molecule has 3 nitrogen and oxygen atoms in total. The smallest absolute Gasteiger partial charge is 0.0612 e. The lowest BCUT2D eigenvalue weighted by Crippen LogP contribution is -2.44. The lowest BCUT2D eigenvalue weighted by Gasteiger charge is -2.25. The van der Waals surface area contributed by atoms with Crippen molar-refractivity contribution in [3.63, 3.8) is 0 Å². The predicted octanol–water partition coefficient (Wildman–Crippen LogP) is -0.141. The minimum atomic E-state index is -0.552. The second kappa shape index (κ2) is 4.66. The Morgan fingerprint density at radius 2 is 1.90 bits per heavy atom. The molecular formula is C7H17NO2. The Hall–Kier alpha value is -0.120. The molecule has 0 heterocycles. The highest BCUT2D eigenvalue weighted by Crippen LogP contribution is 2.12. The summed E-state index contributed by atoms with van der Waals surface area (Å²) in [5, 5.41) is 17.4. The van der Waals surface area contributed by atoms with Gasteiger partial charge in [0, 0.05) is 12.1 Å². The Morgan fingerprint density at radius 3 is 2.20 bits per heavy atom.